The molecule has 1 aliphatic heterocycles. The first kappa shape index (κ1) is 10.5. The molecule has 0 unspecified atom stereocenters. The summed E-state index contributed by atoms with van der Waals surface area (Å²) in [4.78, 5) is 4.10. The summed E-state index contributed by atoms with van der Waals surface area (Å²) < 4.78 is 11.5. The average Bonchev–Trinajstić information content (AvgIpc) is 2.78. The molecule has 0 bridgehead atoms. The molecule has 1 aliphatic rings. The normalized spacial score (nSPS) is 19.3. The van der Waals surface area contributed by atoms with Crippen molar-refractivity contribution in [3.8, 4) is 0 Å². The molecule has 0 atom stereocenters. The lowest BCUT2D eigenvalue weighted by molar-refractivity contribution is -0.169. The maximum Gasteiger partial charge on any atom is 0.197 e. The Labute approximate surface area is 89.6 Å². The van der Waals surface area contributed by atoms with E-state index >= 15 is 0 Å². The Morgan fingerprint density at radius 2 is 2.27 bits per heavy atom. The van der Waals surface area contributed by atoms with Crippen LogP contribution in [0.15, 0.2) is 24.5 Å². The molecule has 0 aliphatic carbocycles. The van der Waals surface area contributed by atoms with E-state index in [4.69, 9.17) is 9.47 Å². The van der Waals surface area contributed by atoms with Crippen LogP contribution in [-0.2, 0) is 15.3 Å². The molecule has 4 nitrogen and oxygen atoms in total. The van der Waals surface area contributed by atoms with Gasteiger partial charge in [-0.15, -0.1) is 0 Å². The summed E-state index contributed by atoms with van der Waals surface area (Å²) >= 11 is 0. The Balaban J connectivity index is 2.19. The van der Waals surface area contributed by atoms with Crippen molar-refractivity contribution in [2.24, 2.45) is 0 Å². The first-order chi connectivity index (χ1) is 7.37. The minimum absolute atomic E-state index is 0.586. The van der Waals surface area contributed by atoms with Gasteiger partial charge in [0.15, 0.2) is 5.79 Å². The number of nitrogens with one attached hydrogen (secondary N) is 1. The second kappa shape index (κ2) is 4.70. The zero-order valence-corrected chi connectivity index (χ0v) is 8.90. The van der Waals surface area contributed by atoms with Crippen LogP contribution in [-0.4, -0.2) is 31.8 Å². The smallest absolute Gasteiger partial charge is 0.197 e. The van der Waals surface area contributed by atoms with Crippen LogP contribution in [0, 0.1) is 0 Å². The van der Waals surface area contributed by atoms with Gasteiger partial charge >= 0.3 is 0 Å². The van der Waals surface area contributed by atoms with Gasteiger partial charge in [0.2, 0.25) is 0 Å². The van der Waals surface area contributed by atoms with E-state index < -0.39 is 5.79 Å². The predicted molar refractivity (Wildman–Crippen MR) is 56.4 cm³/mol. The molecule has 2 rings (SSSR count). The van der Waals surface area contributed by atoms with E-state index in [0.29, 0.717) is 13.2 Å². The van der Waals surface area contributed by atoms with Crippen LogP contribution in [0.3, 0.4) is 0 Å². The van der Waals surface area contributed by atoms with Gasteiger partial charge in [-0.2, -0.15) is 0 Å². The largest absolute Gasteiger partial charge is 0.343 e. The summed E-state index contributed by atoms with van der Waals surface area (Å²) in [5.41, 5.74) is 0.998. The van der Waals surface area contributed by atoms with Crippen LogP contribution in [0.1, 0.15) is 12.0 Å². The Bertz CT molecular complexity index is 297. The number of ether oxygens (including phenoxy) is 2. The van der Waals surface area contributed by atoms with Gasteiger partial charge < -0.3 is 14.8 Å². The quantitative estimate of drug-likeness (QED) is 0.798. The topological polar surface area (TPSA) is 43.4 Å². The third kappa shape index (κ3) is 2.17. The van der Waals surface area contributed by atoms with Crippen molar-refractivity contribution in [3.05, 3.63) is 30.1 Å². The SMILES string of the molecule is CNCCC1(c2cccnc2)OCCO1. The highest BCUT2D eigenvalue weighted by molar-refractivity contribution is 5.16. The van der Waals surface area contributed by atoms with Gasteiger partial charge in [-0.3, -0.25) is 4.98 Å². The third-order valence-corrected chi connectivity index (χ3v) is 2.56. The molecule has 1 fully saturated rings. The molecule has 1 aromatic heterocycles. The van der Waals surface area contributed by atoms with Crippen molar-refractivity contribution >= 4 is 0 Å². The standard InChI is InChI=1S/C11H16N2O2/c1-12-6-4-11(14-7-8-15-11)10-3-2-5-13-9-10/h2-3,5,9,12H,4,6-8H2,1H3. The number of aromatic nitrogens is 1. The summed E-state index contributed by atoms with van der Waals surface area (Å²) in [5, 5.41) is 3.11. The van der Waals surface area contributed by atoms with Crippen molar-refractivity contribution in [2.45, 2.75) is 12.2 Å². The molecule has 0 amide bonds. The van der Waals surface area contributed by atoms with Gasteiger partial charge in [0.1, 0.15) is 0 Å². The lowest BCUT2D eigenvalue weighted by Crippen LogP contribution is -2.31. The maximum absolute atomic E-state index is 5.73. The average molecular weight is 208 g/mol. The summed E-state index contributed by atoms with van der Waals surface area (Å²) in [6.07, 6.45) is 4.36. The third-order valence-electron chi connectivity index (χ3n) is 2.56. The second-order valence-corrected chi connectivity index (χ2v) is 3.55. The molecular weight excluding hydrogens is 192 g/mol. The summed E-state index contributed by atoms with van der Waals surface area (Å²) in [6.45, 7) is 2.16. The van der Waals surface area contributed by atoms with Crippen LogP contribution in [0.5, 0.6) is 0 Å². The van der Waals surface area contributed by atoms with Crippen LogP contribution in [0.2, 0.25) is 0 Å². The molecule has 0 saturated carbocycles. The summed E-state index contributed by atoms with van der Waals surface area (Å²) in [5.74, 6) is -0.586. The van der Waals surface area contributed by atoms with Crippen molar-refractivity contribution in [3.63, 3.8) is 0 Å². The zero-order chi connectivity index (χ0) is 10.6. The number of rotatable bonds is 4. The fourth-order valence-corrected chi connectivity index (χ4v) is 1.79. The lowest BCUT2D eigenvalue weighted by atomic mass is 10.0. The van der Waals surface area contributed by atoms with Gasteiger partial charge in [0, 0.05) is 30.9 Å². The molecule has 1 N–H and O–H groups in total. The van der Waals surface area contributed by atoms with Gasteiger partial charge in [-0.05, 0) is 13.1 Å². The van der Waals surface area contributed by atoms with E-state index in [-0.39, 0.29) is 0 Å². The summed E-state index contributed by atoms with van der Waals surface area (Å²) in [7, 11) is 1.92. The number of pyridine rings is 1. The van der Waals surface area contributed by atoms with Gasteiger partial charge in [0.25, 0.3) is 0 Å². The zero-order valence-electron chi connectivity index (χ0n) is 8.90. The van der Waals surface area contributed by atoms with E-state index in [1.807, 2.05) is 19.2 Å². The monoisotopic (exact) mass is 208 g/mol. The molecule has 82 valence electrons. The van der Waals surface area contributed by atoms with E-state index in [2.05, 4.69) is 10.3 Å². The molecule has 0 spiro atoms. The molecule has 15 heavy (non-hydrogen) atoms. The van der Waals surface area contributed by atoms with Crippen molar-refractivity contribution in [1.82, 2.24) is 10.3 Å². The van der Waals surface area contributed by atoms with Crippen molar-refractivity contribution in [1.29, 1.82) is 0 Å². The van der Waals surface area contributed by atoms with Crippen molar-refractivity contribution < 1.29 is 9.47 Å². The highest BCUT2D eigenvalue weighted by Crippen LogP contribution is 2.33. The first-order valence-electron chi connectivity index (χ1n) is 5.20. The second-order valence-electron chi connectivity index (χ2n) is 3.55. The van der Waals surface area contributed by atoms with E-state index in [9.17, 15) is 0 Å². The number of nitrogens with zero attached hydrogens (tertiary/aromatic N) is 1. The molecule has 0 radical (unpaired) electrons. The van der Waals surface area contributed by atoms with Crippen LogP contribution >= 0.6 is 0 Å². The molecular formula is C11H16N2O2. The van der Waals surface area contributed by atoms with Gasteiger partial charge in [-0.1, -0.05) is 6.07 Å². The van der Waals surface area contributed by atoms with Gasteiger partial charge in [0.05, 0.1) is 13.2 Å². The molecule has 1 saturated heterocycles. The van der Waals surface area contributed by atoms with Crippen LogP contribution < -0.4 is 5.32 Å². The minimum Gasteiger partial charge on any atom is -0.343 e. The van der Waals surface area contributed by atoms with E-state index in [1.165, 1.54) is 0 Å². The highest BCUT2D eigenvalue weighted by Gasteiger charge is 2.37. The van der Waals surface area contributed by atoms with Gasteiger partial charge in [-0.25, -0.2) is 0 Å². The molecule has 0 aromatic carbocycles. The first-order valence-corrected chi connectivity index (χ1v) is 5.20. The number of hydrogen-bond acceptors (Lipinski definition) is 4. The fraction of sp³-hybridized carbons (Fsp3) is 0.545. The maximum atomic E-state index is 5.73. The molecule has 1 aromatic rings. The Kier molecular flexibility index (Phi) is 3.30. The predicted octanol–water partition coefficient (Wildman–Crippen LogP) is 0.891. The van der Waals surface area contributed by atoms with E-state index in [1.54, 1.807) is 12.4 Å². The Hall–Kier alpha value is -0.970. The molecule has 2 heterocycles. The lowest BCUT2D eigenvalue weighted by Gasteiger charge is -2.27. The van der Waals surface area contributed by atoms with E-state index in [0.717, 1.165) is 18.5 Å². The Morgan fingerprint density at radius 1 is 1.47 bits per heavy atom. The minimum atomic E-state index is -0.586. The highest BCUT2D eigenvalue weighted by atomic mass is 16.7. The van der Waals surface area contributed by atoms with Crippen molar-refractivity contribution in [2.75, 3.05) is 26.8 Å². The summed E-state index contributed by atoms with van der Waals surface area (Å²) in [6, 6.07) is 3.90. The fourth-order valence-electron chi connectivity index (χ4n) is 1.79. The number of hydrogen-bond donors (Lipinski definition) is 1. The van der Waals surface area contributed by atoms with Crippen LogP contribution in [0.25, 0.3) is 0 Å². The van der Waals surface area contributed by atoms with Crippen LogP contribution in [0.4, 0.5) is 0 Å². The molecule has 4 heteroatoms. The Morgan fingerprint density at radius 3 is 2.87 bits per heavy atom.